The average Bonchev–Trinajstić information content (AvgIpc) is 3.30. The van der Waals surface area contributed by atoms with Crippen LogP contribution in [0, 0.1) is 6.92 Å². The first-order chi connectivity index (χ1) is 12.7. The van der Waals surface area contributed by atoms with Crippen LogP contribution in [0.5, 0.6) is 0 Å². The van der Waals surface area contributed by atoms with Crippen LogP contribution < -0.4 is 5.32 Å². The van der Waals surface area contributed by atoms with Gasteiger partial charge in [0.05, 0.1) is 12.0 Å². The van der Waals surface area contributed by atoms with Crippen LogP contribution in [0.15, 0.2) is 51.0 Å². The molecule has 3 rings (SSSR count). The molecule has 1 aliphatic rings. The average molecular weight is 357 g/mol. The summed E-state index contributed by atoms with van der Waals surface area (Å²) in [6, 6.07) is 5.89. The number of hydrogen-bond acceptors (Lipinski definition) is 5. The molecule has 7 heteroatoms. The van der Waals surface area contributed by atoms with E-state index in [0.29, 0.717) is 13.1 Å². The highest BCUT2D eigenvalue weighted by molar-refractivity contribution is 5.80. The number of nitrogens with zero attached hydrogens (tertiary/aromatic N) is 4. The molecule has 0 atom stereocenters. The van der Waals surface area contributed by atoms with Gasteiger partial charge in [0, 0.05) is 58.3 Å². The van der Waals surface area contributed by atoms with Crippen molar-refractivity contribution in [1.29, 1.82) is 0 Å². The second-order valence-electron chi connectivity index (χ2n) is 6.40. The van der Waals surface area contributed by atoms with Crippen LogP contribution in [0.3, 0.4) is 0 Å². The Balaban J connectivity index is 1.51. The zero-order valence-corrected chi connectivity index (χ0v) is 15.4. The van der Waals surface area contributed by atoms with E-state index < -0.39 is 0 Å². The van der Waals surface area contributed by atoms with Crippen molar-refractivity contribution in [2.45, 2.75) is 19.9 Å². The number of nitrogens with one attached hydrogen (secondary N) is 1. The predicted octanol–water partition coefficient (Wildman–Crippen LogP) is 2.07. The van der Waals surface area contributed by atoms with Crippen LogP contribution in [0.4, 0.5) is 0 Å². The molecule has 0 saturated carbocycles. The Hall–Kier alpha value is -2.54. The minimum Gasteiger partial charge on any atom is -0.469 e. The summed E-state index contributed by atoms with van der Waals surface area (Å²) in [6.45, 7) is 11.7. The second kappa shape index (κ2) is 9.24. The molecule has 3 heterocycles. The Labute approximate surface area is 154 Å². The molecule has 2 aromatic heterocycles. The van der Waals surface area contributed by atoms with Gasteiger partial charge in [0.15, 0.2) is 5.96 Å². The SMILES string of the molecule is C=CCNC(=NCCc1ccco1)N1CCN(Cc2cc(C)on2)CC1. The molecular weight excluding hydrogens is 330 g/mol. The smallest absolute Gasteiger partial charge is 0.194 e. The molecule has 0 amide bonds. The highest BCUT2D eigenvalue weighted by Crippen LogP contribution is 2.09. The van der Waals surface area contributed by atoms with Crippen molar-refractivity contribution in [3.05, 3.63) is 54.3 Å². The molecule has 1 saturated heterocycles. The Bertz CT molecular complexity index is 699. The van der Waals surface area contributed by atoms with Crippen molar-refractivity contribution in [3.8, 4) is 0 Å². The summed E-state index contributed by atoms with van der Waals surface area (Å²) in [7, 11) is 0. The summed E-state index contributed by atoms with van der Waals surface area (Å²) < 4.78 is 10.5. The molecule has 0 radical (unpaired) electrons. The van der Waals surface area contributed by atoms with Gasteiger partial charge < -0.3 is 19.2 Å². The largest absolute Gasteiger partial charge is 0.469 e. The summed E-state index contributed by atoms with van der Waals surface area (Å²) in [5.74, 6) is 2.76. The zero-order valence-electron chi connectivity index (χ0n) is 15.4. The predicted molar refractivity (Wildman–Crippen MR) is 101 cm³/mol. The molecule has 7 nitrogen and oxygen atoms in total. The van der Waals surface area contributed by atoms with Gasteiger partial charge in [-0.1, -0.05) is 11.2 Å². The van der Waals surface area contributed by atoms with Gasteiger partial charge in [-0.15, -0.1) is 6.58 Å². The van der Waals surface area contributed by atoms with Crippen LogP contribution in [0.2, 0.25) is 0 Å². The van der Waals surface area contributed by atoms with Gasteiger partial charge in [-0.25, -0.2) is 0 Å². The van der Waals surface area contributed by atoms with E-state index in [0.717, 1.165) is 62.3 Å². The topological polar surface area (TPSA) is 70.0 Å². The lowest BCUT2D eigenvalue weighted by molar-refractivity contribution is 0.169. The maximum absolute atomic E-state index is 5.37. The van der Waals surface area contributed by atoms with Gasteiger partial charge in [-0.3, -0.25) is 9.89 Å². The van der Waals surface area contributed by atoms with E-state index in [1.165, 1.54) is 0 Å². The number of hydrogen-bond donors (Lipinski definition) is 1. The van der Waals surface area contributed by atoms with E-state index in [1.807, 2.05) is 31.2 Å². The monoisotopic (exact) mass is 357 g/mol. The van der Waals surface area contributed by atoms with Crippen molar-refractivity contribution in [3.63, 3.8) is 0 Å². The van der Waals surface area contributed by atoms with E-state index in [4.69, 9.17) is 13.9 Å². The van der Waals surface area contributed by atoms with Crippen LogP contribution in [-0.2, 0) is 13.0 Å². The van der Waals surface area contributed by atoms with Gasteiger partial charge >= 0.3 is 0 Å². The molecule has 0 aliphatic carbocycles. The maximum Gasteiger partial charge on any atom is 0.194 e. The Morgan fingerprint density at radius 3 is 2.88 bits per heavy atom. The lowest BCUT2D eigenvalue weighted by Gasteiger charge is -2.36. The van der Waals surface area contributed by atoms with Gasteiger partial charge in [0.1, 0.15) is 11.5 Å². The normalized spacial score (nSPS) is 16.0. The van der Waals surface area contributed by atoms with E-state index in [-0.39, 0.29) is 0 Å². The van der Waals surface area contributed by atoms with E-state index in [9.17, 15) is 0 Å². The lowest BCUT2D eigenvalue weighted by Crippen LogP contribution is -2.52. The molecule has 1 fully saturated rings. The minimum absolute atomic E-state index is 0.700. The highest BCUT2D eigenvalue weighted by Gasteiger charge is 2.20. The van der Waals surface area contributed by atoms with Crippen LogP contribution in [0.25, 0.3) is 0 Å². The third-order valence-corrected chi connectivity index (χ3v) is 4.34. The fourth-order valence-corrected chi connectivity index (χ4v) is 3.00. The van der Waals surface area contributed by atoms with Crippen LogP contribution >= 0.6 is 0 Å². The molecule has 140 valence electrons. The van der Waals surface area contributed by atoms with Crippen LogP contribution in [-0.4, -0.2) is 60.2 Å². The molecular formula is C19H27N5O2. The summed E-state index contributed by atoms with van der Waals surface area (Å²) in [5.41, 5.74) is 0.994. The van der Waals surface area contributed by atoms with E-state index in [2.05, 4.69) is 26.9 Å². The minimum atomic E-state index is 0.700. The highest BCUT2D eigenvalue weighted by atomic mass is 16.5. The fourth-order valence-electron chi connectivity index (χ4n) is 3.00. The molecule has 2 aromatic rings. The quantitative estimate of drug-likeness (QED) is 0.465. The van der Waals surface area contributed by atoms with Crippen molar-refractivity contribution in [2.75, 3.05) is 39.3 Å². The number of aliphatic imine (C=N–C) groups is 1. The van der Waals surface area contributed by atoms with Gasteiger partial charge in [0.25, 0.3) is 0 Å². The standard InChI is InChI=1S/C19H27N5O2/c1-3-7-20-19(21-8-6-18-5-4-13-25-18)24-11-9-23(10-12-24)15-17-14-16(2)26-22-17/h3-5,13-14H,1,6-12,15H2,2H3,(H,20,21). The first-order valence-electron chi connectivity index (χ1n) is 9.05. The van der Waals surface area contributed by atoms with Crippen molar-refractivity contribution < 1.29 is 8.94 Å². The fraction of sp³-hybridized carbons (Fsp3) is 0.474. The summed E-state index contributed by atoms with van der Waals surface area (Å²) in [6.07, 6.45) is 4.36. The molecule has 26 heavy (non-hydrogen) atoms. The summed E-state index contributed by atoms with van der Waals surface area (Å²) in [4.78, 5) is 9.44. The first-order valence-corrected chi connectivity index (χ1v) is 9.05. The molecule has 0 spiro atoms. The summed E-state index contributed by atoms with van der Waals surface area (Å²) >= 11 is 0. The number of aromatic nitrogens is 1. The molecule has 1 aliphatic heterocycles. The molecule has 0 aromatic carbocycles. The van der Waals surface area contributed by atoms with Crippen molar-refractivity contribution in [2.24, 2.45) is 4.99 Å². The maximum atomic E-state index is 5.37. The lowest BCUT2D eigenvalue weighted by atomic mass is 10.3. The van der Waals surface area contributed by atoms with Crippen molar-refractivity contribution >= 4 is 5.96 Å². The summed E-state index contributed by atoms with van der Waals surface area (Å²) in [5, 5.41) is 7.45. The van der Waals surface area contributed by atoms with E-state index in [1.54, 1.807) is 6.26 Å². The number of furan rings is 1. The van der Waals surface area contributed by atoms with Gasteiger partial charge in [-0.2, -0.15) is 0 Å². The molecule has 0 bridgehead atoms. The zero-order chi connectivity index (χ0) is 18.2. The Morgan fingerprint density at radius 2 is 2.23 bits per heavy atom. The third kappa shape index (κ3) is 5.23. The number of guanidine groups is 1. The second-order valence-corrected chi connectivity index (χ2v) is 6.40. The first kappa shape index (κ1) is 18.3. The number of aryl methyl sites for hydroxylation is 1. The van der Waals surface area contributed by atoms with Gasteiger partial charge in [0.2, 0.25) is 0 Å². The Kier molecular flexibility index (Phi) is 6.49. The molecule has 1 N–H and O–H groups in total. The van der Waals surface area contributed by atoms with E-state index >= 15 is 0 Å². The van der Waals surface area contributed by atoms with Gasteiger partial charge in [-0.05, 0) is 19.1 Å². The van der Waals surface area contributed by atoms with Crippen LogP contribution in [0.1, 0.15) is 17.2 Å². The number of piperazine rings is 1. The third-order valence-electron chi connectivity index (χ3n) is 4.34. The van der Waals surface area contributed by atoms with Crippen molar-refractivity contribution in [1.82, 2.24) is 20.3 Å². The number of rotatable bonds is 7. The Morgan fingerprint density at radius 1 is 1.38 bits per heavy atom. The molecule has 0 unspecified atom stereocenters.